The Morgan fingerprint density at radius 1 is 1.31 bits per heavy atom. The quantitative estimate of drug-likeness (QED) is 0.745. The fourth-order valence-electron chi connectivity index (χ4n) is 1.53. The van der Waals surface area contributed by atoms with Gasteiger partial charge in [0.1, 0.15) is 5.75 Å². The van der Waals surface area contributed by atoms with Gasteiger partial charge in [-0.15, -0.1) is 0 Å². The highest BCUT2D eigenvalue weighted by Crippen LogP contribution is 2.36. The Morgan fingerprint density at radius 2 is 1.94 bits per heavy atom. The minimum absolute atomic E-state index is 0.0273. The van der Waals surface area contributed by atoms with E-state index in [1.54, 1.807) is 13.0 Å². The minimum atomic E-state index is -2.87. The lowest BCUT2D eigenvalue weighted by Gasteiger charge is -2.18. The molecular weight excluding hydrogens is 210 g/mol. The molecule has 90 valence electrons. The van der Waals surface area contributed by atoms with Crippen molar-refractivity contribution in [1.29, 1.82) is 0 Å². The van der Waals surface area contributed by atoms with E-state index in [9.17, 15) is 8.78 Å². The number of hydrogen-bond donors (Lipinski definition) is 0. The highest BCUT2D eigenvalue weighted by molar-refractivity contribution is 5.40. The van der Waals surface area contributed by atoms with Crippen LogP contribution in [0.5, 0.6) is 5.75 Å². The second-order valence-electron chi connectivity index (χ2n) is 4.23. The van der Waals surface area contributed by atoms with E-state index < -0.39 is 5.92 Å². The van der Waals surface area contributed by atoms with Crippen LogP contribution >= 0.6 is 0 Å². The molecule has 0 atom stereocenters. The van der Waals surface area contributed by atoms with Crippen molar-refractivity contribution in [3.8, 4) is 5.75 Å². The Morgan fingerprint density at radius 3 is 2.38 bits per heavy atom. The van der Waals surface area contributed by atoms with Gasteiger partial charge in [0.2, 0.25) is 0 Å². The Hall–Kier alpha value is -1.12. The minimum Gasteiger partial charge on any atom is -0.493 e. The van der Waals surface area contributed by atoms with Gasteiger partial charge < -0.3 is 4.74 Å². The maximum Gasteiger partial charge on any atom is 0.274 e. The molecule has 0 unspecified atom stereocenters. The molecule has 16 heavy (non-hydrogen) atoms. The zero-order valence-corrected chi connectivity index (χ0v) is 10.2. The van der Waals surface area contributed by atoms with Crippen molar-refractivity contribution in [2.45, 2.75) is 39.5 Å². The summed E-state index contributed by atoms with van der Waals surface area (Å²) in [7, 11) is 0. The van der Waals surface area contributed by atoms with Crippen LogP contribution in [0.1, 0.15) is 44.7 Å². The van der Waals surface area contributed by atoms with Crippen LogP contribution in [0, 0.1) is 0 Å². The molecule has 0 heterocycles. The molecule has 3 heteroatoms. The number of benzene rings is 1. The van der Waals surface area contributed by atoms with Gasteiger partial charge in [0.05, 0.1) is 12.2 Å². The van der Waals surface area contributed by atoms with Crippen LogP contribution in [-0.4, -0.2) is 6.61 Å². The summed E-state index contributed by atoms with van der Waals surface area (Å²) >= 11 is 0. The monoisotopic (exact) mass is 228 g/mol. The van der Waals surface area contributed by atoms with Gasteiger partial charge in [-0.2, -0.15) is 0 Å². The average Bonchev–Trinajstić information content (AvgIpc) is 2.16. The van der Waals surface area contributed by atoms with Crippen LogP contribution < -0.4 is 4.74 Å². The van der Waals surface area contributed by atoms with Gasteiger partial charge in [0.25, 0.3) is 5.92 Å². The predicted octanol–water partition coefficient (Wildman–Crippen LogP) is 4.32. The van der Waals surface area contributed by atoms with Gasteiger partial charge in [0, 0.05) is 6.92 Å². The van der Waals surface area contributed by atoms with Crippen LogP contribution in [0.3, 0.4) is 0 Å². The van der Waals surface area contributed by atoms with Crippen LogP contribution in [0.25, 0.3) is 0 Å². The summed E-state index contributed by atoms with van der Waals surface area (Å²) in [6, 6.07) is 5.01. The number of hydrogen-bond acceptors (Lipinski definition) is 1. The van der Waals surface area contributed by atoms with Gasteiger partial charge >= 0.3 is 0 Å². The predicted molar refractivity (Wildman–Crippen MR) is 61.3 cm³/mol. The second kappa shape index (κ2) is 4.81. The number of rotatable bonds is 4. The van der Waals surface area contributed by atoms with Crippen molar-refractivity contribution in [2.75, 3.05) is 6.61 Å². The molecule has 0 radical (unpaired) electrons. The first-order valence-electron chi connectivity index (χ1n) is 5.51. The van der Waals surface area contributed by atoms with Gasteiger partial charge in [0.15, 0.2) is 0 Å². The van der Waals surface area contributed by atoms with Crippen molar-refractivity contribution in [3.63, 3.8) is 0 Å². The SMILES string of the molecule is CCOc1ccc(C(C)C)cc1C(C)(F)F. The molecule has 0 saturated heterocycles. The van der Waals surface area contributed by atoms with E-state index in [-0.39, 0.29) is 17.2 Å². The van der Waals surface area contributed by atoms with Gasteiger partial charge in [-0.25, -0.2) is 8.78 Å². The van der Waals surface area contributed by atoms with E-state index in [2.05, 4.69) is 0 Å². The van der Waals surface area contributed by atoms with Gasteiger partial charge in [-0.3, -0.25) is 0 Å². The summed E-state index contributed by atoms with van der Waals surface area (Å²) in [5, 5.41) is 0. The molecule has 0 N–H and O–H groups in total. The fraction of sp³-hybridized carbons (Fsp3) is 0.538. The highest BCUT2D eigenvalue weighted by Gasteiger charge is 2.29. The summed E-state index contributed by atoms with van der Waals surface area (Å²) in [4.78, 5) is 0. The van der Waals surface area contributed by atoms with Crippen LogP contribution in [0.2, 0.25) is 0 Å². The molecule has 0 spiro atoms. The van der Waals surface area contributed by atoms with Crippen molar-refractivity contribution in [2.24, 2.45) is 0 Å². The molecule has 0 amide bonds. The first kappa shape index (κ1) is 12.9. The lowest BCUT2D eigenvalue weighted by molar-refractivity contribution is 0.0145. The molecule has 1 aromatic rings. The summed E-state index contributed by atoms with van der Waals surface area (Å²) in [5.74, 6) is -2.36. The largest absolute Gasteiger partial charge is 0.493 e. The van der Waals surface area contributed by atoms with E-state index in [0.717, 1.165) is 12.5 Å². The molecule has 1 rings (SSSR count). The highest BCUT2D eigenvalue weighted by atomic mass is 19.3. The molecular formula is C13H18F2O. The van der Waals surface area contributed by atoms with E-state index in [0.29, 0.717) is 6.61 Å². The third-order valence-electron chi connectivity index (χ3n) is 2.44. The number of ether oxygens (including phenoxy) is 1. The maximum atomic E-state index is 13.4. The number of halogens is 2. The Kier molecular flexibility index (Phi) is 3.89. The third-order valence-corrected chi connectivity index (χ3v) is 2.44. The van der Waals surface area contributed by atoms with Crippen molar-refractivity contribution >= 4 is 0 Å². The van der Waals surface area contributed by atoms with Crippen molar-refractivity contribution in [1.82, 2.24) is 0 Å². The molecule has 0 aliphatic rings. The van der Waals surface area contributed by atoms with E-state index in [4.69, 9.17) is 4.74 Å². The fourth-order valence-corrected chi connectivity index (χ4v) is 1.53. The first-order chi connectivity index (χ1) is 7.36. The van der Waals surface area contributed by atoms with Crippen molar-refractivity contribution < 1.29 is 13.5 Å². The summed E-state index contributed by atoms with van der Waals surface area (Å²) in [6.07, 6.45) is 0. The Bertz CT molecular complexity index is 353. The van der Waals surface area contributed by atoms with Crippen LogP contribution in [0.4, 0.5) is 8.78 Å². The van der Waals surface area contributed by atoms with Gasteiger partial charge in [-0.05, 0) is 30.5 Å². The normalized spacial score (nSPS) is 11.9. The molecule has 0 bridgehead atoms. The maximum absolute atomic E-state index is 13.4. The zero-order chi connectivity index (χ0) is 12.3. The smallest absolute Gasteiger partial charge is 0.274 e. The second-order valence-corrected chi connectivity index (χ2v) is 4.23. The van der Waals surface area contributed by atoms with Gasteiger partial charge in [-0.1, -0.05) is 19.9 Å². The summed E-state index contributed by atoms with van der Waals surface area (Å²) in [6.45, 7) is 7.04. The van der Waals surface area contributed by atoms with E-state index in [1.165, 1.54) is 6.07 Å². The Balaban J connectivity index is 3.21. The first-order valence-corrected chi connectivity index (χ1v) is 5.51. The topological polar surface area (TPSA) is 9.23 Å². The number of alkyl halides is 2. The van der Waals surface area contributed by atoms with E-state index >= 15 is 0 Å². The molecule has 0 aliphatic heterocycles. The molecule has 1 nitrogen and oxygen atoms in total. The molecule has 0 saturated carbocycles. The average molecular weight is 228 g/mol. The zero-order valence-electron chi connectivity index (χ0n) is 10.2. The summed E-state index contributed by atoms with van der Waals surface area (Å²) in [5.41, 5.74) is 0.875. The molecule has 0 aromatic heterocycles. The van der Waals surface area contributed by atoms with Crippen LogP contribution in [-0.2, 0) is 5.92 Å². The molecule has 0 fully saturated rings. The third kappa shape index (κ3) is 2.94. The van der Waals surface area contributed by atoms with Crippen molar-refractivity contribution in [3.05, 3.63) is 29.3 Å². The standard InChI is InChI=1S/C13H18F2O/c1-5-16-12-7-6-10(9(2)3)8-11(12)13(4,14)15/h6-9H,5H2,1-4H3. The molecule has 1 aromatic carbocycles. The molecule has 0 aliphatic carbocycles. The lowest BCUT2D eigenvalue weighted by Crippen LogP contribution is -2.11. The summed E-state index contributed by atoms with van der Waals surface area (Å²) < 4.78 is 32.0. The lowest BCUT2D eigenvalue weighted by atomic mass is 9.98. The van der Waals surface area contributed by atoms with E-state index in [1.807, 2.05) is 19.9 Å². The Labute approximate surface area is 95.4 Å². The van der Waals surface area contributed by atoms with Crippen LogP contribution in [0.15, 0.2) is 18.2 Å².